The number of fused-ring (bicyclic) bond motifs is 7. The summed E-state index contributed by atoms with van der Waals surface area (Å²) in [5.41, 5.74) is -3.13. The number of carboxylic acids is 1. The smallest absolute Gasteiger partial charge is 0.335 e. The SMILES string of the molecule is CC=C(C)C(=O)OC1C(OC(=O)C(C)=CC)C2(COC(C)=O)C(O)CC3(C)C(=CCC4C5(C)CCC(OC6OC(C(=O)O)C(O)C(OC7OCC(O)C(O)C7O)C6O)C(C)(CO)C5CCC43C)C2CC1(C)C. The molecule has 19 heteroatoms. The van der Waals surface area contributed by atoms with Crippen LogP contribution in [0.1, 0.15) is 121 Å². The van der Waals surface area contributed by atoms with Crippen LogP contribution in [-0.4, -0.2) is 164 Å². The van der Waals surface area contributed by atoms with Crippen LogP contribution in [0.2, 0.25) is 0 Å². The van der Waals surface area contributed by atoms with Crippen molar-refractivity contribution in [3.63, 3.8) is 0 Å². The number of aliphatic carboxylic acids is 1. The van der Waals surface area contributed by atoms with E-state index in [0.29, 0.717) is 49.7 Å². The number of rotatable bonds is 12. The minimum Gasteiger partial charge on any atom is -0.479 e. The molecule has 72 heavy (non-hydrogen) atoms. The molecule has 6 fully saturated rings. The Hall–Kier alpha value is -3.34. The fourth-order valence-corrected chi connectivity index (χ4v) is 14.8. The van der Waals surface area contributed by atoms with E-state index < -0.39 is 149 Å². The number of esters is 3. The van der Waals surface area contributed by atoms with E-state index in [1.165, 1.54) is 6.92 Å². The van der Waals surface area contributed by atoms with Gasteiger partial charge in [-0.2, -0.15) is 0 Å². The second-order valence-electron chi connectivity index (χ2n) is 23.7. The summed E-state index contributed by atoms with van der Waals surface area (Å²) < 4.78 is 42.0. The van der Waals surface area contributed by atoms with Crippen LogP contribution in [-0.2, 0) is 52.3 Å². The molecule has 7 aliphatic rings. The van der Waals surface area contributed by atoms with Crippen molar-refractivity contribution in [2.45, 2.75) is 201 Å². The molecule has 0 aromatic rings. The normalized spacial score (nSPS) is 47.1. The van der Waals surface area contributed by atoms with Gasteiger partial charge >= 0.3 is 23.9 Å². The van der Waals surface area contributed by atoms with E-state index in [2.05, 4.69) is 26.8 Å². The highest BCUT2D eigenvalue weighted by atomic mass is 16.7. The average molecular weight is 1020 g/mol. The van der Waals surface area contributed by atoms with Gasteiger partial charge in [0.1, 0.15) is 49.3 Å². The van der Waals surface area contributed by atoms with Gasteiger partial charge in [-0.3, -0.25) is 4.79 Å². The molecule has 2 aliphatic heterocycles. The molecule has 8 N–H and O–H groups in total. The molecular formula is C53H80O19. The average Bonchev–Trinajstić information content (AvgIpc) is 3.31. The van der Waals surface area contributed by atoms with Crippen molar-refractivity contribution >= 4 is 23.9 Å². The molecule has 7 rings (SSSR count). The zero-order chi connectivity index (χ0) is 53.4. The summed E-state index contributed by atoms with van der Waals surface area (Å²) in [6.45, 7) is 19.4. The van der Waals surface area contributed by atoms with Crippen LogP contribution in [0.5, 0.6) is 0 Å². The molecule has 5 aliphatic carbocycles. The Balaban J connectivity index is 1.23. The number of aliphatic hydroxyl groups excluding tert-OH is 7. The lowest BCUT2D eigenvalue weighted by molar-refractivity contribution is -0.358. The lowest BCUT2D eigenvalue weighted by Crippen LogP contribution is -2.73. The third kappa shape index (κ3) is 9.00. The van der Waals surface area contributed by atoms with Crippen LogP contribution >= 0.6 is 0 Å². The Morgan fingerprint density at radius 1 is 0.764 bits per heavy atom. The minimum atomic E-state index is -1.97. The second-order valence-corrected chi connectivity index (χ2v) is 23.7. The van der Waals surface area contributed by atoms with Gasteiger partial charge in [-0.1, -0.05) is 65.3 Å². The number of hydrogen-bond donors (Lipinski definition) is 8. The molecule has 0 radical (unpaired) electrons. The van der Waals surface area contributed by atoms with Gasteiger partial charge in [0, 0.05) is 28.9 Å². The predicted molar refractivity (Wildman–Crippen MR) is 254 cm³/mol. The predicted octanol–water partition coefficient (Wildman–Crippen LogP) is 3.01. The Bertz CT molecular complexity index is 2170. The standard InChI is InChI=1S/C53H80O19/c1-12-25(3)44(64)71-41-42(72-45(65)26(4)13-2)53(24-67-27(5)55)29(20-48(41,6)7)28-14-15-32-49(8)18-17-34(50(9,23-54)31(49)16-19-51(32,10)52(28,11)21-33(53)57)68-47-38(61)39(37(60)40(70-47)43(62)63)69-46-36(59)35(58)30(56)22-66-46/h12-14,29-42,46-47,54,56-61H,15-24H2,1-11H3,(H,62,63). The van der Waals surface area contributed by atoms with E-state index in [4.69, 9.17) is 33.2 Å². The molecular weight excluding hydrogens is 941 g/mol. The van der Waals surface area contributed by atoms with Crippen LogP contribution in [0, 0.1) is 50.2 Å². The first-order valence-electron chi connectivity index (χ1n) is 25.6. The fourth-order valence-electron chi connectivity index (χ4n) is 14.8. The van der Waals surface area contributed by atoms with E-state index in [-0.39, 0.29) is 31.5 Å². The molecule has 406 valence electrons. The number of carbonyl (C=O) groups excluding carboxylic acids is 3. The maximum absolute atomic E-state index is 13.9. The van der Waals surface area contributed by atoms with Crippen molar-refractivity contribution in [2.75, 3.05) is 19.8 Å². The van der Waals surface area contributed by atoms with Gasteiger partial charge < -0.3 is 74.0 Å². The van der Waals surface area contributed by atoms with Gasteiger partial charge in [0.15, 0.2) is 24.8 Å². The maximum Gasteiger partial charge on any atom is 0.335 e. The van der Waals surface area contributed by atoms with Crippen molar-refractivity contribution in [1.29, 1.82) is 0 Å². The molecule has 21 atom stereocenters. The summed E-state index contributed by atoms with van der Waals surface area (Å²) in [5.74, 6) is -4.14. The van der Waals surface area contributed by atoms with Crippen LogP contribution < -0.4 is 0 Å². The van der Waals surface area contributed by atoms with E-state index in [0.717, 1.165) is 5.57 Å². The van der Waals surface area contributed by atoms with Gasteiger partial charge in [0.2, 0.25) is 0 Å². The number of carbonyl (C=O) groups is 4. The Morgan fingerprint density at radius 3 is 1.97 bits per heavy atom. The zero-order valence-electron chi connectivity index (χ0n) is 43.6. The highest BCUT2D eigenvalue weighted by Gasteiger charge is 2.74. The Kier molecular flexibility index (Phi) is 15.9. The summed E-state index contributed by atoms with van der Waals surface area (Å²) >= 11 is 0. The summed E-state index contributed by atoms with van der Waals surface area (Å²) in [6.07, 6.45) is -11.3. The topological polar surface area (TPSA) is 295 Å². The molecule has 19 nitrogen and oxygen atoms in total. The first-order valence-corrected chi connectivity index (χ1v) is 25.6. The van der Waals surface area contributed by atoms with Crippen LogP contribution in [0.4, 0.5) is 0 Å². The van der Waals surface area contributed by atoms with Gasteiger partial charge in [-0.05, 0) is 107 Å². The summed E-state index contributed by atoms with van der Waals surface area (Å²) in [6, 6.07) is 0. The maximum atomic E-state index is 13.9. The monoisotopic (exact) mass is 1020 g/mol. The van der Waals surface area contributed by atoms with Crippen molar-refractivity contribution < 1.29 is 93.2 Å². The Morgan fingerprint density at radius 2 is 1.39 bits per heavy atom. The molecule has 0 bridgehead atoms. The van der Waals surface area contributed by atoms with E-state index in [1.54, 1.807) is 39.8 Å². The quantitative estimate of drug-likeness (QED) is 0.0458. The number of hydrogen-bond acceptors (Lipinski definition) is 18. The zero-order valence-corrected chi connectivity index (χ0v) is 43.6. The minimum absolute atomic E-state index is 0.0193. The first kappa shape index (κ1) is 56.4. The Labute approximate surface area is 421 Å². The highest BCUT2D eigenvalue weighted by molar-refractivity contribution is 5.89. The molecule has 0 aromatic heterocycles. The third-order valence-corrected chi connectivity index (χ3v) is 19.5. The third-order valence-electron chi connectivity index (χ3n) is 19.5. The van der Waals surface area contributed by atoms with Crippen LogP contribution in [0.3, 0.4) is 0 Å². The number of allylic oxidation sites excluding steroid dienone is 4. The second kappa shape index (κ2) is 20.3. The van der Waals surface area contributed by atoms with E-state index >= 15 is 0 Å². The summed E-state index contributed by atoms with van der Waals surface area (Å²) in [7, 11) is 0. The molecule has 0 aromatic carbocycles. The van der Waals surface area contributed by atoms with Crippen LogP contribution in [0.15, 0.2) is 34.9 Å². The fraction of sp³-hybridized carbons (Fsp3) is 0.811. The first-order chi connectivity index (χ1) is 33.5. The lowest BCUT2D eigenvalue weighted by atomic mass is 9.33. The lowest BCUT2D eigenvalue weighted by Gasteiger charge is -2.72. The molecule has 0 amide bonds. The number of ether oxygens (including phenoxy) is 7. The van der Waals surface area contributed by atoms with Crippen molar-refractivity contribution in [3.8, 4) is 0 Å². The number of carboxylic acid groups (broad SMARTS) is 1. The summed E-state index contributed by atoms with van der Waals surface area (Å²) in [4.78, 5) is 52.8. The van der Waals surface area contributed by atoms with Gasteiger partial charge in [-0.25, -0.2) is 14.4 Å². The molecule has 2 heterocycles. The molecule has 2 saturated heterocycles. The van der Waals surface area contributed by atoms with E-state index in [9.17, 15) is 60.0 Å². The van der Waals surface area contributed by atoms with Crippen molar-refractivity contribution in [1.82, 2.24) is 0 Å². The van der Waals surface area contributed by atoms with Crippen molar-refractivity contribution in [3.05, 3.63) is 34.9 Å². The summed E-state index contributed by atoms with van der Waals surface area (Å²) in [5, 5.41) is 88.3. The highest BCUT2D eigenvalue weighted by Crippen LogP contribution is 2.76. The van der Waals surface area contributed by atoms with Gasteiger partial charge in [0.25, 0.3) is 0 Å². The number of aliphatic hydroxyl groups is 7. The molecule has 0 spiro atoms. The van der Waals surface area contributed by atoms with Gasteiger partial charge in [-0.15, -0.1) is 0 Å². The molecule has 4 saturated carbocycles. The largest absolute Gasteiger partial charge is 0.479 e. The van der Waals surface area contributed by atoms with Crippen molar-refractivity contribution in [2.24, 2.45) is 50.2 Å². The van der Waals surface area contributed by atoms with E-state index in [1.807, 2.05) is 20.8 Å². The van der Waals surface area contributed by atoms with Gasteiger partial charge in [0.05, 0.1) is 30.8 Å². The molecule has 21 unspecified atom stereocenters. The van der Waals surface area contributed by atoms with Crippen LogP contribution in [0.25, 0.3) is 0 Å².